The molecule has 17 heavy (non-hydrogen) atoms. The van der Waals surface area contributed by atoms with Gasteiger partial charge in [-0.3, -0.25) is 10.2 Å². The Labute approximate surface area is 103 Å². The van der Waals surface area contributed by atoms with Crippen LogP contribution in [0.5, 0.6) is 5.75 Å². The molecule has 0 radical (unpaired) electrons. The number of nitrogens with zero attached hydrogens (tertiary/aromatic N) is 2. The molecular formula is C10H9ClN4O2. The lowest BCUT2D eigenvalue weighted by molar-refractivity contribution is -0.111. The van der Waals surface area contributed by atoms with E-state index in [4.69, 9.17) is 27.3 Å². The van der Waals surface area contributed by atoms with Gasteiger partial charge in [0.15, 0.2) is 0 Å². The summed E-state index contributed by atoms with van der Waals surface area (Å²) in [6, 6.07) is 6.34. The number of hydrazone groups is 1. The summed E-state index contributed by atoms with van der Waals surface area (Å²) in [5.41, 5.74) is 7.46. The van der Waals surface area contributed by atoms with Crippen LogP contribution in [0.1, 0.15) is 0 Å². The van der Waals surface area contributed by atoms with Crippen LogP contribution in [0.15, 0.2) is 23.3 Å². The van der Waals surface area contributed by atoms with Gasteiger partial charge in [-0.15, -0.1) is 0 Å². The van der Waals surface area contributed by atoms with Crippen LogP contribution in [0.3, 0.4) is 0 Å². The molecule has 1 rings (SSSR count). The third kappa shape index (κ3) is 3.36. The molecule has 1 aromatic carbocycles. The van der Waals surface area contributed by atoms with Gasteiger partial charge < -0.3 is 10.5 Å². The lowest BCUT2D eigenvalue weighted by Crippen LogP contribution is -2.22. The Balaban J connectivity index is 2.97. The quantitative estimate of drug-likeness (QED) is 0.619. The van der Waals surface area contributed by atoms with Gasteiger partial charge in [0, 0.05) is 11.1 Å². The lowest BCUT2D eigenvalue weighted by atomic mass is 10.3. The van der Waals surface area contributed by atoms with Gasteiger partial charge in [0.25, 0.3) is 5.91 Å². The number of nitrogens with two attached hydrogens (primary N) is 1. The number of ether oxygens (including phenoxy) is 1. The zero-order valence-corrected chi connectivity index (χ0v) is 9.65. The number of primary amides is 1. The molecule has 0 heterocycles. The standard InChI is InChI=1S/C10H9ClN4O2/c1-17-9-4-6(11)2-3-7(9)14-15-8(5-12)10(13)16/h2-4,14H,1H3,(H2,13,16)/b15-8-. The molecule has 0 aliphatic rings. The number of amides is 1. The fraction of sp³-hybridized carbons (Fsp3) is 0.100. The molecule has 0 bridgehead atoms. The van der Waals surface area contributed by atoms with Crippen molar-refractivity contribution in [1.29, 1.82) is 5.26 Å². The van der Waals surface area contributed by atoms with E-state index < -0.39 is 11.6 Å². The van der Waals surface area contributed by atoms with Crippen LogP contribution in [0, 0.1) is 11.3 Å². The van der Waals surface area contributed by atoms with E-state index >= 15 is 0 Å². The van der Waals surface area contributed by atoms with E-state index in [-0.39, 0.29) is 0 Å². The number of hydrogen-bond donors (Lipinski definition) is 2. The van der Waals surface area contributed by atoms with Gasteiger partial charge in [0.2, 0.25) is 5.71 Å². The topological polar surface area (TPSA) is 100 Å². The largest absolute Gasteiger partial charge is 0.494 e. The number of carbonyl (C=O) groups is 1. The minimum Gasteiger partial charge on any atom is -0.494 e. The number of benzene rings is 1. The van der Waals surface area contributed by atoms with Crippen molar-refractivity contribution >= 4 is 28.9 Å². The van der Waals surface area contributed by atoms with E-state index in [1.54, 1.807) is 24.3 Å². The molecule has 0 atom stereocenters. The van der Waals surface area contributed by atoms with E-state index in [1.807, 2.05) is 0 Å². The normalized spacial score (nSPS) is 10.5. The number of nitriles is 1. The minimum absolute atomic E-state index is 0.429. The summed E-state index contributed by atoms with van der Waals surface area (Å²) in [7, 11) is 1.46. The van der Waals surface area contributed by atoms with Gasteiger partial charge in [0.05, 0.1) is 12.8 Å². The number of anilines is 1. The third-order valence-corrected chi connectivity index (χ3v) is 2.03. The highest BCUT2D eigenvalue weighted by molar-refractivity contribution is 6.44. The summed E-state index contributed by atoms with van der Waals surface area (Å²) in [5, 5.41) is 12.6. The average molecular weight is 253 g/mol. The summed E-state index contributed by atoms with van der Waals surface area (Å²) in [5.74, 6) is -0.476. The molecule has 0 aromatic heterocycles. The molecule has 0 saturated heterocycles. The van der Waals surface area contributed by atoms with Crippen molar-refractivity contribution in [2.45, 2.75) is 0 Å². The first-order chi connectivity index (χ1) is 8.08. The zero-order valence-electron chi connectivity index (χ0n) is 8.90. The van der Waals surface area contributed by atoms with Crippen LogP contribution in [0.2, 0.25) is 5.02 Å². The molecule has 3 N–H and O–H groups in total. The van der Waals surface area contributed by atoms with E-state index in [0.717, 1.165) is 0 Å². The first-order valence-electron chi connectivity index (χ1n) is 4.45. The molecule has 88 valence electrons. The maximum Gasteiger partial charge on any atom is 0.280 e. The first-order valence-corrected chi connectivity index (χ1v) is 4.83. The van der Waals surface area contributed by atoms with Crippen molar-refractivity contribution in [2.75, 3.05) is 12.5 Å². The number of hydrogen-bond acceptors (Lipinski definition) is 5. The van der Waals surface area contributed by atoms with E-state index in [2.05, 4.69) is 10.5 Å². The maximum absolute atomic E-state index is 10.7. The van der Waals surface area contributed by atoms with Crippen LogP contribution in [0.4, 0.5) is 5.69 Å². The summed E-state index contributed by atoms with van der Waals surface area (Å²) >= 11 is 5.77. The van der Waals surface area contributed by atoms with Gasteiger partial charge in [-0.2, -0.15) is 10.4 Å². The molecule has 1 amide bonds. The summed E-state index contributed by atoms with van der Waals surface area (Å²) in [6.45, 7) is 0. The van der Waals surface area contributed by atoms with Crippen LogP contribution >= 0.6 is 11.6 Å². The average Bonchev–Trinajstić information content (AvgIpc) is 2.31. The van der Waals surface area contributed by atoms with Gasteiger partial charge in [0.1, 0.15) is 11.8 Å². The lowest BCUT2D eigenvalue weighted by Gasteiger charge is -2.07. The van der Waals surface area contributed by atoms with E-state index in [0.29, 0.717) is 16.5 Å². The molecule has 1 aromatic rings. The fourth-order valence-electron chi connectivity index (χ4n) is 1.01. The zero-order chi connectivity index (χ0) is 12.8. The van der Waals surface area contributed by atoms with E-state index in [1.165, 1.54) is 7.11 Å². The Morgan fingerprint density at radius 1 is 1.65 bits per heavy atom. The number of halogens is 1. The molecular weight excluding hydrogens is 244 g/mol. The molecule has 7 heteroatoms. The molecule has 0 unspecified atom stereocenters. The fourth-order valence-corrected chi connectivity index (χ4v) is 1.17. The second-order valence-corrected chi connectivity index (χ2v) is 3.33. The molecule has 0 fully saturated rings. The van der Waals surface area contributed by atoms with Crippen molar-refractivity contribution in [2.24, 2.45) is 10.8 Å². The van der Waals surface area contributed by atoms with Gasteiger partial charge in [-0.1, -0.05) is 11.6 Å². The highest BCUT2D eigenvalue weighted by Crippen LogP contribution is 2.27. The second-order valence-electron chi connectivity index (χ2n) is 2.89. The number of methoxy groups -OCH3 is 1. The Morgan fingerprint density at radius 3 is 2.88 bits per heavy atom. The van der Waals surface area contributed by atoms with Crippen molar-refractivity contribution in [3.05, 3.63) is 23.2 Å². The van der Waals surface area contributed by atoms with Gasteiger partial charge >= 0.3 is 0 Å². The third-order valence-electron chi connectivity index (χ3n) is 1.79. The highest BCUT2D eigenvalue weighted by atomic mass is 35.5. The Hall–Kier alpha value is -2.26. The van der Waals surface area contributed by atoms with Crippen molar-refractivity contribution in [1.82, 2.24) is 0 Å². The summed E-state index contributed by atoms with van der Waals surface area (Å²) in [6.07, 6.45) is 0. The second kappa shape index (κ2) is 5.72. The SMILES string of the molecule is COc1cc(Cl)ccc1N/N=C(/C#N)C(N)=O. The van der Waals surface area contributed by atoms with Crippen LogP contribution < -0.4 is 15.9 Å². The van der Waals surface area contributed by atoms with Crippen LogP contribution in [-0.2, 0) is 4.79 Å². The minimum atomic E-state index is -0.909. The van der Waals surface area contributed by atoms with Crippen molar-refractivity contribution < 1.29 is 9.53 Å². The van der Waals surface area contributed by atoms with E-state index in [9.17, 15) is 4.79 Å². The number of carbonyl (C=O) groups excluding carboxylic acids is 1. The summed E-state index contributed by atoms with van der Waals surface area (Å²) in [4.78, 5) is 10.7. The number of nitrogens with one attached hydrogen (secondary N) is 1. The van der Waals surface area contributed by atoms with Gasteiger partial charge in [-0.05, 0) is 12.1 Å². The molecule has 0 aliphatic carbocycles. The van der Waals surface area contributed by atoms with Crippen molar-refractivity contribution in [3.8, 4) is 11.8 Å². The Morgan fingerprint density at radius 2 is 2.35 bits per heavy atom. The molecule has 0 spiro atoms. The van der Waals surface area contributed by atoms with Gasteiger partial charge in [-0.25, -0.2) is 0 Å². The predicted molar refractivity (Wildman–Crippen MR) is 63.9 cm³/mol. The smallest absolute Gasteiger partial charge is 0.280 e. The van der Waals surface area contributed by atoms with Crippen molar-refractivity contribution in [3.63, 3.8) is 0 Å². The molecule has 6 nitrogen and oxygen atoms in total. The molecule has 0 aliphatic heterocycles. The highest BCUT2D eigenvalue weighted by Gasteiger charge is 2.07. The Kier molecular flexibility index (Phi) is 4.31. The summed E-state index contributed by atoms with van der Waals surface area (Å²) < 4.78 is 5.04. The van der Waals surface area contributed by atoms with Crippen LogP contribution in [-0.4, -0.2) is 18.7 Å². The Bertz CT molecular complexity index is 508. The molecule has 0 saturated carbocycles. The predicted octanol–water partition coefficient (Wildman–Crippen LogP) is 1.13. The number of rotatable bonds is 4. The first kappa shape index (κ1) is 12.8. The monoisotopic (exact) mass is 252 g/mol. The maximum atomic E-state index is 10.7. The van der Waals surface area contributed by atoms with Crippen LogP contribution in [0.25, 0.3) is 0 Å².